The summed E-state index contributed by atoms with van der Waals surface area (Å²) in [7, 11) is 0. The normalized spacial score (nSPS) is 37.3. The Hall–Kier alpha value is -2.49. The van der Waals surface area contributed by atoms with Crippen LogP contribution in [0.15, 0.2) is 4.99 Å². The number of aliphatic carboxylic acids is 2. The van der Waals surface area contributed by atoms with Crippen molar-refractivity contribution in [2.24, 2.45) is 40.5 Å². The number of amides is 2. The van der Waals surface area contributed by atoms with E-state index in [1.807, 2.05) is 0 Å². The standard InChI is InChI=1S/C25H36N4O6/c30-22(27-20(24(32)33)17-12-29-9-6-13(17)7-10-29)14-1-3-15(4-2-14)23(31)28-21(25(34)35)19-16-5-8-26-18(19)11-16/h13-17,19-21H,1-12H2,(H,27,30)(H,28,31)(H,32,33)(H,34,35)/t14?,15?,16?,17-,19+,20?,21?/m0/s1. The van der Waals surface area contributed by atoms with E-state index in [0.29, 0.717) is 38.1 Å². The predicted octanol–water partition coefficient (Wildman–Crippen LogP) is 0.754. The van der Waals surface area contributed by atoms with Crippen molar-refractivity contribution in [1.29, 1.82) is 0 Å². The lowest BCUT2D eigenvalue weighted by Crippen LogP contribution is -2.59. The Labute approximate surface area is 204 Å². The first-order chi connectivity index (χ1) is 16.8. The number of carbonyl (C=O) groups is 4. The molecule has 5 atom stereocenters. The van der Waals surface area contributed by atoms with Gasteiger partial charge in [-0.25, -0.2) is 9.59 Å². The number of hydrogen-bond donors (Lipinski definition) is 4. The zero-order valence-electron chi connectivity index (χ0n) is 20.0. The molecule has 0 spiro atoms. The van der Waals surface area contributed by atoms with Crippen LogP contribution in [0.3, 0.4) is 0 Å². The maximum atomic E-state index is 13.0. The van der Waals surface area contributed by atoms with Crippen LogP contribution < -0.4 is 10.6 Å². The fourth-order valence-corrected chi connectivity index (χ4v) is 7.14. The van der Waals surface area contributed by atoms with Crippen LogP contribution in [0.25, 0.3) is 0 Å². The third kappa shape index (κ3) is 4.81. The van der Waals surface area contributed by atoms with Gasteiger partial charge >= 0.3 is 11.9 Å². The molecule has 3 unspecified atom stereocenters. The summed E-state index contributed by atoms with van der Waals surface area (Å²) in [6.45, 7) is 3.47. The van der Waals surface area contributed by atoms with E-state index in [1.165, 1.54) is 0 Å². The number of nitrogens with one attached hydrogen (secondary N) is 2. The maximum absolute atomic E-state index is 13.0. The van der Waals surface area contributed by atoms with Crippen LogP contribution in [-0.4, -0.2) is 82.8 Å². The minimum atomic E-state index is -1.02. The van der Waals surface area contributed by atoms with E-state index < -0.39 is 24.0 Å². The van der Waals surface area contributed by atoms with Gasteiger partial charge in [-0.05, 0) is 76.3 Å². The summed E-state index contributed by atoms with van der Waals surface area (Å²) in [5.74, 6) is -2.81. The summed E-state index contributed by atoms with van der Waals surface area (Å²) in [5, 5.41) is 25.2. The largest absolute Gasteiger partial charge is 0.480 e. The summed E-state index contributed by atoms with van der Waals surface area (Å²) in [6.07, 6.45) is 5.63. The Balaban J connectivity index is 1.13. The number of fused-ring (bicyclic) bond motifs is 5. The fourth-order valence-electron chi connectivity index (χ4n) is 7.14. The maximum Gasteiger partial charge on any atom is 0.326 e. The van der Waals surface area contributed by atoms with Crippen molar-refractivity contribution in [3.8, 4) is 0 Å². The number of rotatable bonds is 8. The van der Waals surface area contributed by atoms with Gasteiger partial charge in [-0.3, -0.25) is 14.6 Å². The first kappa shape index (κ1) is 24.2. The van der Waals surface area contributed by atoms with Crippen LogP contribution >= 0.6 is 0 Å². The zero-order valence-corrected chi connectivity index (χ0v) is 20.0. The Morgan fingerprint density at radius 2 is 1.37 bits per heavy atom. The minimum absolute atomic E-state index is 0.0652. The molecule has 10 nitrogen and oxygen atoms in total. The molecule has 2 amide bonds. The number of carboxylic acids is 2. The van der Waals surface area contributed by atoms with Crippen LogP contribution in [0.1, 0.15) is 51.4 Å². The van der Waals surface area contributed by atoms with Gasteiger partial charge in [-0.1, -0.05) is 0 Å². The van der Waals surface area contributed by atoms with Crippen LogP contribution in [0.4, 0.5) is 0 Å². The molecule has 5 fully saturated rings. The topological polar surface area (TPSA) is 148 Å². The number of carboxylic acid groups (broad SMARTS) is 2. The van der Waals surface area contributed by atoms with Gasteiger partial charge in [0.1, 0.15) is 12.1 Å². The lowest BCUT2D eigenvalue weighted by Gasteiger charge is -2.47. The molecule has 4 aliphatic heterocycles. The minimum Gasteiger partial charge on any atom is -0.480 e. The molecular formula is C25H36N4O6. The van der Waals surface area contributed by atoms with Crippen molar-refractivity contribution in [3.63, 3.8) is 0 Å². The van der Waals surface area contributed by atoms with E-state index >= 15 is 0 Å². The smallest absolute Gasteiger partial charge is 0.326 e. The van der Waals surface area contributed by atoms with E-state index in [4.69, 9.17) is 0 Å². The van der Waals surface area contributed by atoms with Crippen molar-refractivity contribution in [2.45, 2.75) is 63.5 Å². The quantitative estimate of drug-likeness (QED) is 0.394. The molecule has 0 aromatic rings. The van der Waals surface area contributed by atoms with Crippen LogP contribution in [0, 0.1) is 35.5 Å². The second-order valence-corrected chi connectivity index (χ2v) is 11.2. The van der Waals surface area contributed by atoms with E-state index in [0.717, 1.165) is 51.0 Å². The van der Waals surface area contributed by atoms with Gasteiger partial charge < -0.3 is 25.7 Å². The van der Waals surface area contributed by atoms with E-state index in [1.54, 1.807) is 0 Å². The van der Waals surface area contributed by atoms with Crippen molar-refractivity contribution in [2.75, 3.05) is 26.2 Å². The molecule has 3 saturated heterocycles. The zero-order chi connectivity index (χ0) is 24.7. The Morgan fingerprint density at radius 1 is 0.800 bits per heavy atom. The highest BCUT2D eigenvalue weighted by Crippen LogP contribution is 2.41. The number of carbonyl (C=O) groups excluding carboxylic acids is 2. The molecular weight excluding hydrogens is 452 g/mol. The molecule has 2 saturated carbocycles. The highest BCUT2D eigenvalue weighted by Gasteiger charge is 2.48. The molecule has 4 bridgehead atoms. The molecule has 35 heavy (non-hydrogen) atoms. The second kappa shape index (κ2) is 9.87. The summed E-state index contributed by atoms with van der Waals surface area (Å²) >= 11 is 0. The summed E-state index contributed by atoms with van der Waals surface area (Å²) in [4.78, 5) is 56.5. The summed E-state index contributed by atoms with van der Waals surface area (Å²) < 4.78 is 0. The first-order valence-electron chi connectivity index (χ1n) is 13.1. The number of aliphatic imine (C=N–C) groups is 1. The molecule has 6 rings (SSSR count). The molecule has 0 aromatic heterocycles. The third-order valence-corrected chi connectivity index (χ3v) is 9.27. The first-order valence-corrected chi connectivity index (χ1v) is 13.1. The van der Waals surface area contributed by atoms with Gasteiger partial charge in [0.05, 0.1) is 0 Å². The summed E-state index contributed by atoms with van der Waals surface area (Å²) in [5.41, 5.74) is 0.908. The van der Waals surface area contributed by atoms with Gasteiger partial charge in [-0.2, -0.15) is 0 Å². The Kier molecular flexibility index (Phi) is 6.83. The van der Waals surface area contributed by atoms with Gasteiger partial charge in [-0.15, -0.1) is 0 Å². The molecule has 192 valence electrons. The monoisotopic (exact) mass is 488 g/mol. The van der Waals surface area contributed by atoms with Gasteiger partial charge in [0.25, 0.3) is 0 Å². The highest BCUT2D eigenvalue weighted by molar-refractivity contribution is 5.99. The predicted molar refractivity (Wildman–Crippen MR) is 126 cm³/mol. The van der Waals surface area contributed by atoms with Crippen LogP contribution in [0.2, 0.25) is 0 Å². The van der Waals surface area contributed by atoms with E-state index in [-0.39, 0.29) is 41.4 Å². The van der Waals surface area contributed by atoms with E-state index in [2.05, 4.69) is 20.5 Å². The average Bonchev–Trinajstić information content (AvgIpc) is 2.87. The van der Waals surface area contributed by atoms with Crippen molar-refractivity contribution in [3.05, 3.63) is 0 Å². The van der Waals surface area contributed by atoms with E-state index in [9.17, 15) is 29.4 Å². The third-order valence-electron chi connectivity index (χ3n) is 9.27. The molecule has 0 aromatic carbocycles. The number of hydrogen-bond acceptors (Lipinski definition) is 6. The Bertz CT molecular complexity index is 906. The van der Waals surface area contributed by atoms with Crippen molar-refractivity contribution >= 4 is 29.5 Å². The summed E-state index contributed by atoms with van der Waals surface area (Å²) in [6, 6.07) is -1.82. The Morgan fingerprint density at radius 3 is 1.80 bits per heavy atom. The lowest BCUT2D eigenvalue weighted by molar-refractivity contribution is -0.147. The molecule has 0 radical (unpaired) electrons. The van der Waals surface area contributed by atoms with Gasteiger partial charge in [0.2, 0.25) is 11.8 Å². The molecule has 2 aliphatic carbocycles. The van der Waals surface area contributed by atoms with Gasteiger partial charge in [0, 0.05) is 42.5 Å². The van der Waals surface area contributed by atoms with Crippen LogP contribution in [-0.2, 0) is 19.2 Å². The fraction of sp³-hybridized carbons (Fsp3) is 0.800. The molecule has 4 N–H and O–H groups in total. The highest BCUT2D eigenvalue weighted by atomic mass is 16.4. The van der Waals surface area contributed by atoms with Crippen molar-refractivity contribution < 1.29 is 29.4 Å². The van der Waals surface area contributed by atoms with Gasteiger partial charge in [0.15, 0.2) is 0 Å². The lowest BCUT2D eigenvalue weighted by atomic mass is 9.64. The number of nitrogens with zero attached hydrogens (tertiary/aromatic N) is 2. The average molecular weight is 489 g/mol. The van der Waals surface area contributed by atoms with Crippen LogP contribution in [0.5, 0.6) is 0 Å². The van der Waals surface area contributed by atoms with Crippen molar-refractivity contribution in [1.82, 2.24) is 15.5 Å². The SMILES string of the molecule is O=C(NC(C(=O)O)[C@H]1CN2CCC1CC2)C1CCC(C(=O)NC(C(=O)O)[C@H]2C3=NCCC2C3)CC1. The molecule has 10 heteroatoms. The molecule has 6 aliphatic rings. The second-order valence-electron chi connectivity index (χ2n) is 11.2. The number of piperidine rings is 3. The molecule has 4 heterocycles.